The van der Waals surface area contributed by atoms with Crippen LogP contribution in [-0.2, 0) is 9.47 Å². The quantitative estimate of drug-likeness (QED) is 0.686. The maximum Gasteiger partial charge on any atom is 0.257 e. The second kappa shape index (κ2) is 9.39. The first-order valence-electron chi connectivity index (χ1n) is 9.21. The van der Waals surface area contributed by atoms with E-state index in [4.69, 9.17) is 14.2 Å². The number of carbonyl (C=O) groups excluding carboxylic acids is 1. The van der Waals surface area contributed by atoms with Crippen LogP contribution in [0.5, 0.6) is 5.75 Å². The molecule has 1 aliphatic heterocycles. The third-order valence-corrected chi connectivity index (χ3v) is 4.46. The zero-order valence-corrected chi connectivity index (χ0v) is 15.8. The van der Waals surface area contributed by atoms with E-state index < -0.39 is 0 Å². The van der Waals surface area contributed by atoms with Crippen molar-refractivity contribution in [1.82, 2.24) is 4.90 Å². The van der Waals surface area contributed by atoms with E-state index in [-0.39, 0.29) is 12.1 Å². The molecule has 1 unspecified atom stereocenters. The molecule has 144 valence electrons. The number of nitrogens with one attached hydrogen (secondary N) is 1. The molecule has 0 aromatic heterocycles. The Bertz CT molecular complexity index is 765. The number of hydrogen-bond acceptors (Lipinski definition) is 5. The van der Waals surface area contributed by atoms with Gasteiger partial charge in [-0.3, -0.25) is 4.79 Å². The molecule has 1 amide bonds. The number of hydrogen-bond donors (Lipinski definition) is 1. The van der Waals surface area contributed by atoms with Gasteiger partial charge in [0.25, 0.3) is 5.91 Å². The maximum absolute atomic E-state index is 13.1. The van der Waals surface area contributed by atoms with Crippen molar-refractivity contribution in [3.8, 4) is 5.75 Å². The van der Waals surface area contributed by atoms with Crippen LogP contribution in [0, 0.1) is 0 Å². The number of nitrogens with zero attached hydrogens (tertiary/aromatic N) is 1. The molecule has 0 fully saturated rings. The highest BCUT2D eigenvalue weighted by atomic mass is 16.5. The van der Waals surface area contributed by atoms with Crippen molar-refractivity contribution in [2.24, 2.45) is 0 Å². The van der Waals surface area contributed by atoms with Gasteiger partial charge in [-0.2, -0.15) is 0 Å². The number of amides is 1. The van der Waals surface area contributed by atoms with Gasteiger partial charge in [-0.05, 0) is 25.1 Å². The summed E-state index contributed by atoms with van der Waals surface area (Å²) in [5.74, 6) is 0.722. The molecule has 0 bridgehead atoms. The van der Waals surface area contributed by atoms with Gasteiger partial charge in [0.05, 0.1) is 18.8 Å². The molecule has 6 heteroatoms. The van der Waals surface area contributed by atoms with Crippen LogP contribution in [0.3, 0.4) is 0 Å². The van der Waals surface area contributed by atoms with Crippen molar-refractivity contribution >= 4 is 11.6 Å². The molecule has 3 rings (SSSR count). The number of benzene rings is 2. The Morgan fingerprint density at radius 2 is 1.81 bits per heavy atom. The smallest absolute Gasteiger partial charge is 0.257 e. The predicted octanol–water partition coefficient (Wildman–Crippen LogP) is 3.31. The number of anilines is 1. The number of ether oxygens (including phenoxy) is 3. The molecule has 1 heterocycles. The second-order valence-corrected chi connectivity index (χ2v) is 6.17. The fourth-order valence-corrected chi connectivity index (χ4v) is 3.15. The minimum atomic E-state index is -0.328. The summed E-state index contributed by atoms with van der Waals surface area (Å²) in [7, 11) is 1.63. The molecular formula is C21H26N2O4. The molecule has 1 aliphatic rings. The van der Waals surface area contributed by atoms with Gasteiger partial charge in [0.15, 0.2) is 0 Å². The average molecular weight is 370 g/mol. The van der Waals surface area contributed by atoms with Crippen LogP contribution in [0.1, 0.15) is 29.0 Å². The van der Waals surface area contributed by atoms with Gasteiger partial charge in [0.1, 0.15) is 18.5 Å². The Kier molecular flexibility index (Phi) is 6.68. The largest absolute Gasteiger partial charge is 0.491 e. The number of para-hydroxylation sites is 2. The SMILES string of the molecule is CCOCCOc1ccccc1C1Nc2ccccc2C(=O)N1CCOC. The van der Waals surface area contributed by atoms with Crippen molar-refractivity contribution in [1.29, 1.82) is 0 Å². The second-order valence-electron chi connectivity index (χ2n) is 6.17. The standard InChI is InChI=1S/C21H26N2O4/c1-3-26-14-15-27-19-11-7-5-9-17(19)20-22-18-10-6-4-8-16(18)21(24)23(20)12-13-25-2/h4-11,20,22H,3,12-15H2,1-2H3. The molecule has 2 aromatic rings. The van der Waals surface area contributed by atoms with Gasteiger partial charge in [0, 0.05) is 31.5 Å². The molecule has 0 radical (unpaired) electrons. The Labute approximate surface area is 160 Å². The predicted molar refractivity (Wildman–Crippen MR) is 104 cm³/mol. The highest BCUT2D eigenvalue weighted by Crippen LogP contribution is 2.36. The van der Waals surface area contributed by atoms with E-state index in [9.17, 15) is 4.79 Å². The molecule has 0 spiro atoms. The number of carbonyl (C=O) groups is 1. The van der Waals surface area contributed by atoms with Crippen molar-refractivity contribution in [2.75, 3.05) is 45.4 Å². The molecule has 0 aliphatic carbocycles. The first-order chi connectivity index (χ1) is 13.3. The van der Waals surface area contributed by atoms with E-state index in [1.807, 2.05) is 55.5 Å². The van der Waals surface area contributed by atoms with E-state index >= 15 is 0 Å². The fraction of sp³-hybridized carbons (Fsp3) is 0.381. The molecule has 1 N–H and O–H groups in total. The Hall–Kier alpha value is -2.57. The van der Waals surface area contributed by atoms with Gasteiger partial charge in [0.2, 0.25) is 0 Å². The molecular weight excluding hydrogens is 344 g/mol. The minimum Gasteiger partial charge on any atom is -0.491 e. The van der Waals surface area contributed by atoms with E-state index in [2.05, 4.69) is 5.32 Å². The topological polar surface area (TPSA) is 60.0 Å². The monoisotopic (exact) mass is 370 g/mol. The lowest BCUT2D eigenvalue weighted by Crippen LogP contribution is -2.44. The van der Waals surface area contributed by atoms with E-state index in [1.54, 1.807) is 12.0 Å². The summed E-state index contributed by atoms with van der Waals surface area (Å²) in [5.41, 5.74) is 2.40. The first-order valence-corrected chi connectivity index (χ1v) is 9.21. The van der Waals surface area contributed by atoms with Crippen molar-refractivity contribution in [2.45, 2.75) is 13.1 Å². The summed E-state index contributed by atoms with van der Waals surface area (Å²) < 4.78 is 16.5. The van der Waals surface area contributed by atoms with Crippen molar-refractivity contribution in [3.63, 3.8) is 0 Å². The molecule has 6 nitrogen and oxygen atoms in total. The van der Waals surface area contributed by atoms with Crippen LogP contribution in [-0.4, -0.2) is 50.9 Å². The van der Waals surface area contributed by atoms with E-state index in [0.29, 0.717) is 38.5 Å². The third-order valence-electron chi connectivity index (χ3n) is 4.46. The number of methoxy groups -OCH3 is 1. The van der Waals surface area contributed by atoms with Crippen LogP contribution in [0.15, 0.2) is 48.5 Å². The van der Waals surface area contributed by atoms with Crippen LogP contribution >= 0.6 is 0 Å². The number of rotatable bonds is 9. The summed E-state index contributed by atoms with van der Waals surface area (Å²) in [5, 5.41) is 3.48. The van der Waals surface area contributed by atoms with Gasteiger partial charge in [-0.1, -0.05) is 30.3 Å². The average Bonchev–Trinajstić information content (AvgIpc) is 2.71. The lowest BCUT2D eigenvalue weighted by Gasteiger charge is -2.38. The summed E-state index contributed by atoms with van der Waals surface area (Å²) in [6.07, 6.45) is -0.328. The van der Waals surface area contributed by atoms with Gasteiger partial charge < -0.3 is 24.4 Å². The zero-order chi connectivity index (χ0) is 19.1. The van der Waals surface area contributed by atoms with Gasteiger partial charge in [-0.25, -0.2) is 0 Å². The summed E-state index contributed by atoms with van der Waals surface area (Å²) in [6.45, 7) is 4.54. The van der Waals surface area contributed by atoms with Crippen molar-refractivity contribution < 1.29 is 19.0 Å². The van der Waals surface area contributed by atoms with Crippen LogP contribution in [0.4, 0.5) is 5.69 Å². The van der Waals surface area contributed by atoms with E-state index in [1.165, 1.54) is 0 Å². The summed E-state index contributed by atoms with van der Waals surface area (Å²) >= 11 is 0. The highest BCUT2D eigenvalue weighted by molar-refractivity contribution is 6.01. The van der Waals surface area contributed by atoms with Crippen LogP contribution < -0.4 is 10.1 Å². The Morgan fingerprint density at radius 3 is 2.63 bits per heavy atom. The lowest BCUT2D eigenvalue weighted by atomic mass is 10.0. The highest BCUT2D eigenvalue weighted by Gasteiger charge is 2.33. The first kappa shape index (κ1) is 19.2. The third kappa shape index (κ3) is 4.40. The van der Waals surface area contributed by atoms with Gasteiger partial charge in [-0.15, -0.1) is 0 Å². The maximum atomic E-state index is 13.1. The Morgan fingerprint density at radius 1 is 1.04 bits per heavy atom. The van der Waals surface area contributed by atoms with Crippen molar-refractivity contribution in [3.05, 3.63) is 59.7 Å². The number of fused-ring (bicyclic) bond motifs is 1. The molecule has 27 heavy (non-hydrogen) atoms. The van der Waals surface area contributed by atoms with E-state index in [0.717, 1.165) is 17.0 Å². The van der Waals surface area contributed by atoms with Crippen LogP contribution in [0.25, 0.3) is 0 Å². The fourth-order valence-electron chi connectivity index (χ4n) is 3.15. The summed E-state index contributed by atoms with van der Waals surface area (Å²) in [6, 6.07) is 15.3. The molecule has 0 saturated heterocycles. The molecule has 1 atom stereocenters. The lowest BCUT2D eigenvalue weighted by molar-refractivity contribution is 0.0604. The zero-order valence-electron chi connectivity index (χ0n) is 15.8. The Balaban J connectivity index is 1.90. The normalized spacial score (nSPS) is 16.0. The van der Waals surface area contributed by atoms with Gasteiger partial charge >= 0.3 is 0 Å². The molecule has 2 aromatic carbocycles. The minimum absolute atomic E-state index is 0.0180. The van der Waals surface area contributed by atoms with Crippen LogP contribution in [0.2, 0.25) is 0 Å². The molecule has 0 saturated carbocycles. The summed E-state index contributed by atoms with van der Waals surface area (Å²) in [4.78, 5) is 14.9.